The fraction of sp³-hybridized carbons (Fsp3) is 0.571. The van der Waals surface area contributed by atoms with E-state index in [4.69, 9.17) is 0 Å². The maximum absolute atomic E-state index is 12.8. The highest BCUT2D eigenvalue weighted by Gasteiger charge is 2.21. The van der Waals surface area contributed by atoms with Crippen LogP contribution in [-0.4, -0.2) is 6.16 Å². The van der Waals surface area contributed by atoms with E-state index in [0.717, 1.165) is 5.92 Å². The minimum Gasteiger partial charge on any atom is -0.207 e. The molecule has 1 atom stereocenters. The summed E-state index contributed by atoms with van der Waals surface area (Å²) in [5, 5.41) is 0. The first kappa shape index (κ1) is 12.0. The third kappa shape index (κ3) is 3.04. The van der Waals surface area contributed by atoms with Crippen LogP contribution in [0.5, 0.6) is 0 Å². The summed E-state index contributed by atoms with van der Waals surface area (Å²) in [6.07, 6.45) is 7.82. The van der Waals surface area contributed by atoms with E-state index < -0.39 is 0 Å². The van der Waals surface area contributed by atoms with Gasteiger partial charge in [-0.1, -0.05) is 12.1 Å². The standard InChI is InChI=1S/C14H20FP/c15-14-7-5-13(6-8-14)12-3-1-11(2-4-12)9-10-16/h5-8,11-12H,1-4,9-10,16H2/t11-,12-. The summed E-state index contributed by atoms with van der Waals surface area (Å²) in [6.45, 7) is 0. The second kappa shape index (κ2) is 5.77. The molecule has 0 N–H and O–H groups in total. The van der Waals surface area contributed by atoms with Gasteiger partial charge < -0.3 is 0 Å². The van der Waals surface area contributed by atoms with Gasteiger partial charge in [0.2, 0.25) is 0 Å². The van der Waals surface area contributed by atoms with E-state index >= 15 is 0 Å². The summed E-state index contributed by atoms with van der Waals surface area (Å²) in [5.74, 6) is 1.47. The Bertz CT molecular complexity index is 312. The molecule has 1 unspecified atom stereocenters. The van der Waals surface area contributed by atoms with Crippen molar-refractivity contribution < 1.29 is 4.39 Å². The average molecular weight is 238 g/mol. The Balaban J connectivity index is 1.91. The summed E-state index contributed by atoms with van der Waals surface area (Å²) in [5.41, 5.74) is 1.32. The van der Waals surface area contributed by atoms with Crippen molar-refractivity contribution in [2.24, 2.45) is 5.92 Å². The first-order chi connectivity index (χ1) is 7.79. The maximum Gasteiger partial charge on any atom is 0.123 e. The number of halogens is 1. The smallest absolute Gasteiger partial charge is 0.123 e. The van der Waals surface area contributed by atoms with Crippen LogP contribution in [0.3, 0.4) is 0 Å². The van der Waals surface area contributed by atoms with Gasteiger partial charge in [-0.25, -0.2) is 4.39 Å². The van der Waals surface area contributed by atoms with Crippen LogP contribution in [0.1, 0.15) is 43.6 Å². The molecule has 1 fully saturated rings. The molecule has 0 heterocycles. The molecule has 2 rings (SSSR count). The van der Waals surface area contributed by atoms with Crippen molar-refractivity contribution in [3.63, 3.8) is 0 Å². The average Bonchev–Trinajstić information content (AvgIpc) is 2.32. The minimum absolute atomic E-state index is 0.125. The quantitative estimate of drug-likeness (QED) is 0.686. The predicted octanol–water partition coefficient (Wildman–Crippen LogP) is 4.36. The van der Waals surface area contributed by atoms with Gasteiger partial charge in [0.1, 0.15) is 5.82 Å². The summed E-state index contributed by atoms with van der Waals surface area (Å²) in [4.78, 5) is 0. The zero-order valence-electron chi connectivity index (χ0n) is 9.66. The normalized spacial score (nSPS) is 25.6. The van der Waals surface area contributed by atoms with E-state index in [1.807, 2.05) is 12.1 Å². The van der Waals surface area contributed by atoms with Crippen LogP contribution in [0, 0.1) is 11.7 Å². The Kier molecular flexibility index (Phi) is 4.35. The SMILES string of the molecule is Fc1ccc([C@H]2CC[C@H](CCP)CC2)cc1. The summed E-state index contributed by atoms with van der Waals surface area (Å²) in [7, 11) is 2.82. The van der Waals surface area contributed by atoms with Crippen molar-refractivity contribution in [2.45, 2.75) is 38.0 Å². The van der Waals surface area contributed by atoms with E-state index in [1.165, 1.54) is 43.8 Å². The molecule has 0 saturated heterocycles. The van der Waals surface area contributed by atoms with Crippen LogP contribution in [-0.2, 0) is 0 Å². The molecule has 16 heavy (non-hydrogen) atoms. The zero-order valence-corrected chi connectivity index (χ0v) is 10.8. The summed E-state index contributed by atoms with van der Waals surface area (Å²) < 4.78 is 12.8. The molecule has 88 valence electrons. The van der Waals surface area contributed by atoms with Crippen LogP contribution >= 0.6 is 9.24 Å². The molecule has 0 nitrogen and oxygen atoms in total. The second-order valence-electron chi connectivity index (χ2n) is 4.85. The lowest BCUT2D eigenvalue weighted by Gasteiger charge is -2.28. The maximum atomic E-state index is 12.8. The topological polar surface area (TPSA) is 0 Å². The molecule has 1 aromatic rings. The Morgan fingerprint density at radius 3 is 2.25 bits per heavy atom. The van der Waals surface area contributed by atoms with E-state index in [0.29, 0.717) is 5.92 Å². The molecule has 0 bridgehead atoms. The largest absolute Gasteiger partial charge is 0.207 e. The third-order valence-corrected chi connectivity index (χ3v) is 4.10. The van der Waals surface area contributed by atoms with E-state index in [1.54, 1.807) is 12.1 Å². The molecule has 0 amide bonds. The van der Waals surface area contributed by atoms with Crippen molar-refractivity contribution in [3.8, 4) is 0 Å². The Morgan fingerprint density at radius 1 is 1.06 bits per heavy atom. The van der Waals surface area contributed by atoms with Gasteiger partial charge >= 0.3 is 0 Å². The Hall–Kier alpha value is -0.420. The third-order valence-electron chi connectivity index (χ3n) is 3.76. The Morgan fingerprint density at radius 2 is 1.69 bits per heavy atom. The highest BCUT2D eigenvalue weighted by Crippen LogP contribution is 2.37. The van der Waals surface area contributed by atoms with E-state index in [-0.39, 0.29) is 5.82 Å². The molecule has 0 aliphatic heterocycles. The Labute approximate surface area is 99.8 Å². The fourth-order valence-electron chi connectivity index (χ4n) is 2.76. The van der Waals surface area contributed by atoms with Gasteiger partial charge in [0.15, 0.2) is 0 Å². The van der Waals surface area contributed by atoms with Crippen molar-refractivity contribution in [1.29, 1.82) is 0 Å². The first-order valence-corrected chi connectivity index (χ1v) is 7.07. The van der Waals surface area contributed by atoms with Gasteiger partial charge in [0, 0.05) is 0 Å². The van der Waals surface area contributed by atoms with Gasteiger partial charge in [-0.2, -0.15) is 0 Å². The van der Waals surface area contributed by atoms with Gasteiger partial charge in [-0.3, -0.25) is 0 Å². The molecule has 0 aromatic heterocycles. The monoisotopic (exact) mass is 238 g/mol. The van der Waals surface area contributed by atoms with Crippen molar-refractivity contribution in [2.75, 3.05) is 6.16 Å². The lowest BCUT2D eigenvalue weighted by Crippen LogP contribution is -2.13. The summed E-state index contributed by atoms with van der Waals surface area (Å²) >= 11 is 0. The van der Waals surface area contributed by atoms with Gasteiger partial charge in [0.05, 0.1) is 0 Å². The lowest BCUT2D eigenvalue weighted by molar-refractivity contribution is 0.320. The second-order valence-corrected chi connectivity index (χ2v) is 5.42. The summed E-state index contributed by atoms with van der Waals surface area (Å²) in [6, 6.07) is 7.08. The van der Waals surface area contributed by atoms with Gasteiger partial charge in [-0.05, 0) is 67.8 Å². The molecular formula is C14H20FP. The lowest BCUT2D eigenvalue weighted by atomic mass is 9.78. The highest BCUT2D eigenvalue weighted by molar-refractivity contribution is 7.16. The zero-order chi connectivity index (χ0) is 11.4. The van der Waals surface area contributed by atoms with Crippen molar-refractivity contribution in [1.82, 2.24) is 0 Å². The van der Waals surface area contributed by atoms with Gasteiger partial charge in [-0.15, -0.1) is 9.24 Å². The van der Waals surface area contributed by atoms with Crippen LogP contribution in [0.15, 0.2) is 24.3 Å². The molecular weight excluding hydrogens is 218 g/mol. The molecule has 1 aliphatic rings. The number of hydrogen-bond acceptors (Lipinski definition) is 0. The van der Waals surface area contributed by atoms with Crippen molar-refractivity contribution >= 4 is 9.24 Å². The molecule has 0 radical (unpaired) electrons. The van der Waals surface area contributed by atoms with Gasteiger partial charge in [0.25, 0.3) is 0 Å². The number of benzene rings is 1. The van der Waals surface area contributed by atoms with E-state index in [9.17, 15) is 4.39 Å². The fourth-order valence-corrected chi connectivity index (χ4v) is 3.23. The molecule has 1 aliphatic carbocycles. The predicted molar refractivity (Wildman–Crippen MR) is 70.3 cm³/mol. The van der Waals surface area contributed by atoms with Crippen LogP contribution in [0.25, 0.3) is 0 Å². The van der Waals surface area contributed by atoms with Crippen LogP contribution in [0.2, 0.25) is 0 Å². The van der Waals surface area contributed by atoms with E-state index in [2.05, 4.69) is 9.24 Å². The molecule has 2 heteroatoms. The van der Waals surface area contributed by atoms with Crippen LogP contribution < -0.4 is 0 Å². The molecule has 1 aromatic carbocycles. The van der Waals surface area contributed by atoms with Crippen molar-refractivity contribution in [3.05, 3.63) is 35.6 Å². The van der Waals surface area contributed by atoms with Crippen LogP contribution in [0.4, 0.5) is 4.39 Å². The molecule has 1 saturated carbocycles. The molecule has 0 spiro atoms. The first-order valence-electron chi connectivity index (χ1n) is 6.25. The minimum atomic E-state index is -0.125. The highest BCUT2D eigenvalue weighted by atomic mass is 31.0. The number of rotatable bonds is 3. The number of hydrogen-bond donors (Lipinski definition) is 0.